The van der Waals surface area contributed by atoms with E-state index in [-0.39, 0.29) is 0 Å². The molecule has 0 spiro atoms. The van der Waals surface area contributed by atoms with Gasteiger partial charge in [0.15, 0.2) is 0 Å². The van der Waals surface area contributed by atoms with Crippen LogP contribution in [-0.2, 0) is 6.54 Å². The molecule has 1 aromatic carbocycles. The van der Waals surface area contributed by atoms with E-state index in [0.717, 1.165) is 28.5 Å². The molecule has 5 nitrogen and oxygen atoms in total. The topological polar surface area (TPSA) is 70.3 Å². The zero-order chi connectivity index (χ0) is 13.0. The summed E-state index contributed by atoms with van der Waals surface area (Å²) in [7, 11) is 3.24. The lowest BCUT2D eigenvalue weighted by Crippen LogP contribution is -2.01. The van der Waals surface area contributed by atoms with Crippen molar-refractivity contribution in [3.8, 4) is 22.8 Å². The van der Waals surface area contributed by atoms with Crippen LogP contribution in [0.5, 0.6) is 11.5 Å². The van der Waals surface area contributed by atoms with Crippen molar-refractivity contribution in [1.82, 2.24) is 10.2 Å². The van der Waals surface area contributed by atoms with E-state index >= 15 is 0 Å². The van der Waals surface area contributed by atoms with Crippen molar-refractivity contribution >= 4 is 0 Å². The first kappa shape index (κ1) is 12.3. The third-order valence-electron chi connectivity index (χ3n) is 2.61. The molecule has 2 aromatic rings. The van der Waals surface area contributed by atoms with E-state index in [1.54, 1.807) is 14.2 Å². The van der Waals surface area contributed by atoms with Crippen molar-refractivity contribution in [3.63, 3.8) is 0 Å². The Hall–Kier alpha value is -2.14. The van der Waals surface area contributed by atoms with E-state index in [1.807, 2.05) is 30.3 Å². The van der Waals surface area contributed by atoms with Gasteiger partial charge in [-0.25, -0.2) is 0 Å². The molecule has 94 valence electrons. The highest BCUT2D eigenvalue weighted by Gasteiger charge is 2.09. The van der Waals surface area contributed by atoms with Crippen molar-refractivity contribution in [2.75, 3.05) is 14.2 Å². The van der Waals surface area contributed by atoms with Crippen LogP contribution in [0.4, 0.5) is 0 Å². The fraction of sp³-hybridized carbons (Fsp3) is 0.231. The number of aromatic nitrogens is 2. The molecule has 0 unspecified atom stereocenters. The molecular formula is C13H15N3O2. The van der Waals surface area contributed by atoms with Gasteiger partial charge in [-0.1, -0.05) is 0 Å². The summed E-state index contributed by atoms with van der Waals surface area (Å²) >= 11 is 0. The van der Waals surface area contributed by atoms with Gasteiger partial charge in [0.25, 0.3) is 0 Å². The van der Waals surface area contributed by atoms with E-state index in [0.29, 0.717) is 6.54 Å². The Morgan fingerprint density at radius 1 is 1.06 bits per heavy atom. The number of benzene rings is 1. The van der Waals surface area contributed by atoms with Gasteiger partial charge in [-0.2, -0.15) is 10.2 Å². The van der Waals surface area contributed by atoms with Crippen LogP contribution >= 0.6 is 0 Å². The Morgan fingerprint density at radius 3 is 2.44 bits per heavy atom. The fourth-order valence-corrected chi connectivity index (χ4v) is 1.63. The van der Waals surface area contributed by atoms with Gasteiger partial charge in [-0.05, 0) is 30.3 Å². The average molecular weight is 245 g/mol. The summed E-state index contributed by atoms with van der Waals surface area (Å²) in [6.07, 6.45) is 0. The van der Waals surface area contributed by atoms with E-state index < -0.39 is 0 Å². The standard InChI is InChI=1S/C13H15N3O2/c1-17-10-4-6-13(18-2)11(7-10)12-5-3-9(8-14)15-16-12/h3-7H,8,14H2,1-2H3. The number of ether oxygens (including phenoxy) is 2. The monoisotopic (exact) mass is 245 g/mol. The normalized spacial score (nSPS) is 10.2. The number of methoxy groups -OCH3 is 2. The predicted molar refractivity (Wildman–Crippen MR) is 68.5 cm³/mol. The molecule has 5 heteroatoms. The van der Waals surface area contributed by atoms with Crippen molar-refractivity contribution in [2.45, 2.75) is 6.54 Å². The molecule has 0 aliphatic carbocycles. The van der Waals surface area contributed by atoms with Gasteiger partial charge in [-0.3, -0.25) is 0 Å². The molecule has 0 aliphatic rings. The van der Waals surface area contributed by atoms with Crippen LogP contribution in [0.15, 0.2) is 30.3 Å². The Morgan fingerprint density at radius 2 is 1.89 bits per heavy atom. The minimum Gasteiger partial charge on any atom is -0.497 e. The Balaban J connectivity index is 2.46. The first-order valence-electron chi connectivity index (χ1n) is 5.53. The summed E-state index contributed by atoms with van der Waals surface area (Å²) in [4.78, 5) is 0. The Kier molecular flexibility index (Phi) is 3.74. The van der Waals surface area contributed by atoms with E-state index in [9.17, 15) is 0 Å². The maximum Gasteiger partial charge on any atom is 0.128 e. The summed E-state index contributed by atoms with van der Waals surface area (Å²) in [5.74, 6) is 1.47. The van der Waals surface area contributed by atoms with Crippen LogP contribution in [0.3, 0.4) is 0 Å². The highest BCUT2D eigenvalue weighted by Crippen LogP contribution is 2.31. The molecule has 0 amide bonds. The van der Waals surface area contributed by atoms with Gasteiger partial charge in [0, 0.05) is 12.1 Å². The van der Waals surface area contributed by atoms with Crippen LogP contribution in [0.1, 0.15) is 5.69 Å². The lowest BCUT2D eigenvalue weighted by molar-refractivity contribution is 0.404. The number of rotatable bonds is 4. The molecule has 0 bridgehead atoms. The summed E-state index contributed by atoms with van der Waals surface area (Å²) in [6.45, 7) is 0.378. The summed E-state index contributed by atoms with van der Waals surface area (Å²) in [5, 5.41) is 8.17. The molecule has 1 heterocycles. The number of nitrogens with two attached hydrogens (primary N) is 1. The average Bonchev–Trinajstić information content (AvgIpc) is 2.46. The van der Waals surface area contributed by atoms with Gasteiger partial charge in [0.2, 0.25) is 0 Å². The zero-order valence-corrected chi connectivity index (χ0v) is 10.4. The predicted octanol–water partition coefficient (Wildman–Crippen LogP) is 1.62. The fourth-order valence-electron chi connectivity index (χ4n) is 1.63. The summed E-state index contributed by atoms with van der Waals surface area (Å²) in [6, 6.07) is 9.26. The smallest absolute Gasteiger partial charge is 0.128 e. The second-order valence-electron chi connectivity index (χ2n) is 3.68. The Labute approximate surface area is 106 Å². The lowest BCUT2D eigenvalue weighted by atomic mass is 10.1. The molecule has 18 heavy (non-hydrogen) atoms. The van der Waals surface area contributed by atoms with Crippen LogP contribution < -0.4 is 15.2 Å². The molecule has 0 aliphatic heterocycles. The van der Waals surface area contributed by atoms with E-state index in [4.69, 9.17) is 15.2 Å². The molecule has 0 saturated heterocycles. The van der Waals surface area contributed by atoms with Crippen molar-refractivity contribution in [2.24, 2.45) is 5.73 Å². The molecule has 2 rings (SSSR count). The minimum absolute atomic E-state index is 0.378. The molecular weight excluding hydrogens is 230 g/mol. The van der Waals surface area contributed by atoms with Gasteiger partial charge in [0.1, 0.15) is 11.5 Å². The maximum atomic E-state index is 5.49. The first-order valence-corrected chi connectivity index (χ1v) is 5.53. The van der Waals surface area contributed by atoms with Gasteiger partial charge in [-0.15, -0.1) is 0 Å². The maximum absolute atomic E-state index is 5.49. The summed E-state index contributed by atoms with van der Waals surface area (Å²) in [5.41, 5.74) is 7.81. The second-order valence-corrected chi connectivity index (χ2v) is 3.68. The van der Waals surface area contributed by atoms with Crippen molar-refractivity contribution in [3.05, 3.63) is 36.0 Å². The second kappa shape index (κ2) is 5.46. The minimum atomic E-state index is 0.378. The van der Waals surface area contributed by atoms with Crippen LogP contribution in [-0.4, -0.2) is 24.4 Å². The molecule has 0 atom stereocenters. The third-order valence-corrected chi connectivity index (χ3v) is 2.61. The van der Waals surface area contributed by atoms with Crippen LogP contribution in [0, 0.1) is 0 Å². The number of hydrogen-bond donors (Lipinski definition) is 1. The number of nitrogens with zero attached hydrogens (tertiary/aromatic N) is 2. The molecule has 1 aromatic heterocycles. The largest absolute Gasteiger partial charge is 0.497 e. The van der Waals surface area contributed by atoms with Gasteiger partial charge >= 0.3 is 0 Å². The molecule has 0 radical (unpaired) electrons. The third kappa shape index (κ3) is 2.41. The quantitative estimate of drug-likeness (QED) is 0.886. The number of hydrogen-bond acceptors (Lipinski definition) is 5. The summed E-state index contributed by atoms with van der Waals surface area (Å²) < 4.78 is 10.5. The van der Waals surface area contributed by atoms with Crippen LogP contribution in [0.25, 0.3) is 11.3 Å². The van der Waals surface area contributed by atoms with Gasteiger partial charge < -0.3 is 15.2 Å². The SMILES string of the molecule is COc1ccc(OC)c(-c2ccc(CN)nn2)c1. The van der Waals surface area contributed by atoms with Gasteiger partial charge in [0.05, 0.1) is 25.6 Å². The van der Waals surface area contributed by atoms with E-state index in [2.05, 4.69) is 10.2 Å². The zero-order valence-electron chi connectivity index (χ0n) is 10.4. The van der Waals surface area contributed by atoms with Crippen molar-refractivity contribution in [1.29, 1.82) is 0 Å². The highest BCUT2D eigenvalue weighted by molar-refractivity contribution is 5.68. The lowest BCUT2D eigenvalue weighted by Gasteiger charge is -2.09. The van der Waals surface area contributed by atoms with E-state index in [1.165, 1.54) is 0 Å². The van der Waals surface area contributed by atoms with Crippen molar-refractivity contribution < 1.29 is 9.47 Å². The Bertz CT molecular complexity index is 526. The molecule has 0 fully saturated rings. The first-order chi connectivity index (χ1) is 8.78. The highest BCUT2D eigenvalue weighted by atomic mass is 16.5. The molecule has 2 N–H and O–H groups in total. The van der Waals surface area contributed by atoms with Crippen LogP contribution in [0.2, 0.25) is 0 Å². The molecule has 0 saturated carbocycles.